The number of carbonyl (C=O) groups is 2. The van der Waals surface area contributed by atoms with Gasteiger partial charge in [-0.05, 0) is 98.4 Å². The Kier molecular flexibility index (Phi) is 4.36. The Bertz CT molecular complexity index is 650. The van der Waals surface area contributed by atoms with Crippen LogP contribution in [0.15, 0.2) is 11.6 Å². The third-order valence-corrected chi connectivity index (χ3v) is 8.91. The molecule has 0 aromatic carbocycles. The Morgan fingerprint density at radius 2 is 1.81 bits per heavy atom. The molecule has 4 aliphatic carbocycles. The van der Waals surface area contributed by atoms with Crippen LogP contribution in [0.3, 0.4) is 0 Å². The van der Waals surface area contributed by atoms with Crippen molar-refractivity contribution in [3.63, 3.8) is 0 Å². The summed E-state index contributed by atoms with van der Waals surface area (Å²) in [5.74, 6) is 3.03. The highest BCUT2D eigenvalue weighted by Crippen LogP contribution is 2.66. The van der Waals surface area contributed by atoms with Crippen LogP contribution in [-0.2, 0) is 14.3 Å². The molecule has 0 unspecified atom stereocenters. The number of ketones is 1. The fourth-order valence-corrected chi connectivity index (χ4v) is 7.67. The molecule has 3 fully saturated rings. The molecule has 144 valence electrons. The Balaban J connectivity index is 1.54. The van der Waals surface area contributed by atoms with Crippen molar-refractivity contribution in [1.29, 1.82) is 0 Å². The highest BCUT2D eigenvalue weighted by atomic mass is 16.5. The van der Waals surface area contributed by atoms with Crippen molar-refractivity contribution in [3.8, 4) is 0 Å². The quantitative estimate of drug-likeness (QED) is 0.646. The molecule has 4 aliphatic rings. The summed E-state index contributed by atoms with van der Waals surface area (Å²) >= 11 is 0. The molecular formula is C23H34O3. The Morgan fingerprint density at radius 1 is 1.04 bits per heavy atom. The summed E-state index contributed by atoms with van der Waals surface area (Å²) in [6, 6.07) is 0. The van der Waals surface area contributed by atoms with Gasteiger partial charge in [-0.3, -0.25) is 9.59 Å². The maximum atomic E-state index is 12.2. The van der Waals surface area contributed by atoms with Gasteiger partial charge < -0.3 is 4.74 Å². The summed E-state index contributed by atoms with van der Waals surface area (Å²) in [6.07, 6.45) is 11.7. The zero-order valence-corrected chi connectivity index (χ0v) is 16.8. The molecule has 3 heteroatoms. The molecule has 26 heavy (non-hydrogen) atoms. The summed E-state index contributed by atoms with van der Waals surface area (Å²) in [4.78, 5) is 23.5. The Labute approximate surface area is 157 Å². The van der Waals surface area contributed by atoms with E-state index in [1.807, 2.05) is 0 Å². The molecule has 0 saturated heterocycles. The standard InChI is InChI=1S/C23H34O3/c1-14(24)19-7-8-20-18-6-5-16-13-17(26-15(2)25)9-11-22(16,3)21(18)10-12-23(19,20)4/h7,16-18,20-21H,5-6,8-13H2,1-4H3/t16-,17-,18+,20+,21+,22+,23-/m1/s1. The van der Waals surface area contributed by atoms with E-state index in [0.29, 0.717) is 17.3 Å². The molecule has 4 rings (SSSR count). The number of ether oxygens (including phenoxy) is 1. The third-order valence-electron chi connectivity index (χ3n) is 8.91. The first-order chi connectivity index (χ1) is 12.3. The van der Waals surface area contributed by atoms with Crippen molar-refractivity contribution in [2.24, 2.45) is 34.5 Å². The molecule has 0 radical (unpaired) electrons. The molecule has 3 saturated carbocycles. The molecule has 7 atom stereocenters. The average Bonchev–Trinajstić information content (AvgIpc) is 2.92. The van der Waals surface area contributed by atoms with Crippen molar-refractivity contribution < 1.29 is 14.3 Å². The van der Waals surface area contributed by atoms with Gasteiger partial charge in [-0.15, -0.1) is 0 Å². The fourth-order valence-electron chi connectivity index (χ4n) is 7.67. The molecule has 0 heterocycles. The maximum Gasteiger partial charge on any atom is 0.302 e. The Morgan fingerprint density at radius 3 is 2.50 bits per heavy atom. The van der Waals surface area contributed by atoms with Crippen LogP contribution in [0.5, 0.6) is 0 Å². The lowest BCUT2D eigenvalue weighted by Crippen LogP contribution is -2.54. The first kappa shape index (κ1) is 18.3. The minimum atomic E-state index is -0.130. The SMILES string of the molecule is CC(=O)O[C@@H]1CC[C@@]2(C)[C@H](CC[C@@H]3[C@@H]2CC[C@]2(C)C(C(C)=O)=CC[C@@H]32)C1. The van der Waals surface area contributed by atoms with E-state index >= 15 is 0 Å². The van der Waals surface area contributed by atoms with Gasteiger partial charge in [-0.25, -0.2) is 0 Å². The normalized spacial score (nSPS) is 47.2. The van der Waals surface area contributed by atoms with Gasteiger partial charge in [-0.1, -0.05) is 19.9 Å². The van der Waals surface area contributed by atoms with E-state index < -0.39 is 0 Å². The van der Waals surface area contributed by atoms with E-state index in [-0.39, 0.29) is 23.3 Å². The van der Waals surface area contributed by atoms with E-state index in [9.17, 15) is 9.59 Å². The van der Waals surface area contributed by atoms with Gasteiger partial charge in [-0.2, -0.15) is 0 Å². The lowest BCUT2D eigenvalue weighted by Gasteiger charge is -2.60. The lowest BCUT2D eigenvalue weighted by atomic mass is 9.44. The topological polar surface area (TPSA) is 43.4 Å². The van der Waals surface area contributed by atoms with Crippen molar-refractivity contribution in [2.45, 2.75) is 85.2 Å². The van der Waals surface area contributed by atoms with Crippen LogP contribution in [0.1, 0.15) is 79.1 Å². The third kappa shape index (κ3) is 2.60. The van der Waals surface area contributed by atoms with Crippen LogP contribution >= 0.6 is 0 Å². The van der Waals surface area contributed by atoms with E-state index in [1.54, 1.807) is 6.92 Å². The summed E-state index contributed by atoms with van der Waals surface area (Å²) in [6.45, 7) is 8.17. The highest BCUT2D eigenvalue weighted by Gasteiger charge is 2.59. The number of allylic oxidation sites excluding steroid dienone is 2. The number of carbonyl (C=O) groups excluding carboxylic acids is 2. The fraction of sp³-hybridized carbons (Fsp3) is 0.826. The zero-order valence-electron chi connectivity index (χ0n) is 16.8. The monoisotopic (exact) mass is 358 g/mol. The van der Waals surface area contributed by atoms with Crippen LogP contribution in [0, 0.1) is 34.5 Å². The first-order valence-corrected chi connectivity index (χ1v) is 10.6. The smallest absolute Gasteiger partial charge is 0.302 e. The molecule has 0 aliphatic heterocycles. The summed E-state index contributed by atoms with van der Waals surface area (Å²) in [5.41, 5.74) is 1.62. The van der Waals surface area contributed by atoms with Crippen molar-refractivity contribution in [2.75, 3.05) is 0 Å². The second-order valence-corrected chi connectivity index (χ2v) is 10.0. The number of rotatable bonds is 2. The minimum absolute atomic E-state index is 0.116. The van der Waals surface area contributed by atoms with Crippen molar-refractivity contribution in [3.05, 3.63) is 11.6 Å². The minimum Gasteiger partial charge on any atom is -0.463 e. The van der Waals surface area contributed by atoms with Crippen molar-refractivity contribution >= 4 is 11.8 Å². The number of hydrogen-bond donors (Lipinski definition) is 0. The van der Waals surface area contributed by atoms with E-state index in [4.69, 9.17) is 4.74 Å². The van der Waals surface area contributed by atoms with Gasteiger partial charge in [0.2, 0.25) is 0 Å². The van der Waals surface area contributed by atoms with Crippen LogP contribution in [-0.4, -0.2) is 17.9 Å². The number of hydrogen-bond acceptors (Lipinski definition) is 3. The van der Waals surface area contributed by atoms with Gasteiger partial charge in [0.25, 0.3) is 0 Å². The van der Waals surface area contributed by atoms with E-state index in [0.717, 1.165) is 36.7 Å². The molecule has 0 amide bonds. The molecule has 0 aromatic heterocycles. The number of Topliss-reactive ketones (excluding diaryl/α,β-unsaturated/α-hetero) is 1. The first-order valence-electron chi connectivity index (χ1n) is 10.6. The van der Waals surface area contributed by atoms with Gasteiger partial charge in [0.1, 0.15) is 6.10 Å². The van der Waals surface area contributed by atoms with E-state index in [1.165, 1.54) is 39.0 Å². The average molecular weight is 359 g/mol. The van der Waals surface area contributed by atoms with Crippen LogP contribution < -0.4 is 0 Å². The van der Waals surface area contributed by atoms with Gasteiger partial charge >= 0.3 is 5.97 Å². The van der Waals surface area contributed by atoms with Gasteiger partial charge in [0, 0.05) is 6.92 Å². The van der Waals surface area contributed by atoms with Crippen LogP contribution in [0.4, 0.5) is 0 Å². The predicted octanol–water partition coefficient (Wildman–Crippen LogP) is 5.09. The molecule has 0 aromatic rings. The molecule has 0 N–H and O–H groups in total. The second kappa shape index (κ2) is 6.21. The molecular weight excluding hydrogens is 324 g/mol. The summed E-state index contributed by atoms with van der Waals surface area (Å²) in [7, 11) is 0. The maximum absolute atomic E-state index is 12.2. The van der Waals surface area contributed by atoms with Gasteiger partial charge in [0.15, 0.2) is 5.78 Å². The van der Waals surface area contributed by atoms with Crippen LogP contribution in [0.25, 0.3) is 0 Å². The van der Waals surface area contributed by atoms with Gasteiger partial charge in [0.05, 0.1) is 0 Å². The molecule has 0 spiro atoms. The Hall–Kier alpha value is -1.12. The van der Waals surface area contributed by atoms with Crippen molar-refractivity contribution in [1.82, 2.24) is 0 Å². The highest BCUT2D eigenvalue weighted by molar-refractivity contribution is 5.95. The number of fused-ring (bicyclic) bond motifs is 5. The van der Waals surface area contributed by atoms with E-state index in [2.05, 4.69) is 19.9 Å². The largest absolute Gasteiger partial charge is 0.463 e. The molecule has 0 bridgehead atoms. The summed E-state index contributed by atoms with van der Waals surface area (Å²) in [5, 5.41) is 0. The predicted molar refractivity (Wildman–Crippen MR) is 101 cm³/mol. The molecule has 3 nitrogen and oxygen atoms in total. The number of esters is 1. The summed E-state index contributed by atoms with van der Waals surface area (Å²) < 4.78 is 5.56. The zero-order chi connectivity index (χ0) is 18.7. The van der Waals surface area contributed by atoms with Crippen LogP contribution in [0.2, 0.25) is 0 Å². The second-order valence-electron chi connectivity index (χ2n) is 10.0. The lowest BCUT2D eigenvalue weighted by molar-refractivity contribution is -0.159.